The van der Waals surface area contributed by atoms with Gasteiger partial charge in [0.15, 0.2) is 12.4 Å². The Labute approximate surface area is 167 Å². The number of aliphatic imine (C=N–C) groups is 2. The molecular weight excluding hydrogens is 328 g/mol. The molecule has 2 heteroatoms. The van der Waals surface area contributed by atoms with Crippen molar-refractivity contribution in [3.8, 4) is 0 Å². The van der Waals surface area contributed by atoms with Gasteiger partial charge in [-0.25, -0.2) is 0 Å². The molecule has 2 atom stereocenters. The highest BCUT2D eigenvalue weighted by molar-refractivity contribution is 6.18. The zero-order chi connectivity index (χ0) is 19.3. The van der Waals surface area contributed by atoms with Gasteiger partial charge in [-0.3, -0.25) is 0 Å². The second-order valence-corrected chi connectivity index (χ2v) is 8.38. The van der Waals surface area contributed by atoms with Gasteiger partial charge < -0.3 is 0 Å². The Hall–Kier alpha value is -1.57. The summed E-state index contributed by atoms with van der Waals surface area (Å²) in [5.41, 5.74) is 1.43. The van der Waals surface area contributed by atoms with Gasteiger partial charge >= 0.3 is 0 Å². The highest BCUT2D eigenvalue weighted by Gasteiger charge is 2.36. The average Bonchev–Trinajstić information content (AvgIpc) is 3.20. The van der Waals surface area contributed by atoms with Crippen molar-refractivity contribution in [1.82, 2.24) is 0 Å². The SMILES string of the molecule is CCCCCCCCCCC([C+]1N=CC=N1)C(Cc1ccccc1)C(C)C. The Morgan fingerprint density at radius 2 is 1.41 bits per heavy atom. The van der Waals surface area contributed by atoms with Crippen LogP contribution in [0.15, 0.2) is 40.3 Å². The van der Waals surface area contributed by atoms with Gasteiger partial charge in [0.25, 0.3) is 0 Å². The van der Waals surface area contributed by atoms with Crippen molar-refractivity contribution in [1.29, 1.82) is 0 Å². The molecule has 0 spiro atoms. The maximum atomic E-state index is 4.60. The molecule has 2 nitrogen and oxygen atoms in total. The Bertz CT molecular complexity index is 535. The molecule has 0 saturated heterocycles. The van der Waals surface area contributed by atoms with E-state index in [0.717, 1.165) is 12.6 Å². The van der Waals surface area contributed by atoms with E-state index in [9.17, 15) is 0 Å². The molecule has 1 heterocycles. The summed E-state index contributed by atoms with van der Waals surface area (Å²) in [5, 5.41) is 0. The third-order valence-corrected chi connectivity index (χ3v) is 5.87. The molecule has 0 saturated carbocycles. The van der Waals surface area contributed by atoms with E-state index in [1.165, 1.54) is 63.4 Å². The fraction of sp³-hybridized carbons (Fsp3) is 0.640. The molecule has 0 N–H and O–H groups in total. The van der Waals surface area contributed by atoms with Crippen molar-refractivity contribution >= 4 is 12.4 Å². The molecule has 27 heavy (non-hydrogen) atoms. The van der Waals surface area contributed by atoms with E-state index in [2.05, 4.69) is 61.1 Å². The van der Waals surface area contributed by atoms with E-state index in [1.54, 1.807) is 0 Å². The van der Waals surface area contributed by atoms with Crippen LogP contribution in [0.2, 0.25) is 0 Å². The lowest BCUT2D eigenvalue weighted by atomic mass is 9.75. The van der Waals surface area contributed by atoms with E-state index in [1.807, 2.05) is 12.4 Å². The number of hydrogen-bond acceptors (Lipinski definition) is 2. The molecule has 0 aromatic heterocycles. The lowest BCUT2D eigenvalue weighted by Crippen LogP contribution is -2.26. The minimum absolute atomic E-state index is 0.472. The van der Waals surface area contributed by atoms with Crippen molar-refractivity contribution in [3.63, 3.8) is 0 Å². The molecule has 2 rings (SSSR count). The van der Waals surface area contributed by atoms with Crippen molar-refractivity contribution in [2.45, 2.75) is 85.0 Å². The largest absolute Gasteiger partial charge is 0.244 e. The summed E-state index contributed by atoms with van der Waals surface area (Å²) in [7, 11) is 0. The Balaban J connectivity index is 1.88. The summed E-state index contributed by atoms with van der Waals surface area (Å²) in [4.78, 5) is 9.20. The fourth-order valence-corrected chi connectivity index (χ4v) is 4.21. The van der Waals surface area contributed by atoms with E-state index in [-0.39, 0.29) is 0 Å². The van der Waals surface area contributed by atoms with Crippen LogP contribution in [-0.4, -0.2) is 12.4 Å². The average molecular weight is 368 g/mol. The summed E-state index contributed by atoms with van der Waals surface area (Å²) in [6.45, 7) is 7.00. The van der Waals surface area contributed by atoms with E-state index in [4.69, 9.17) is 0 Å². The monoisotopic (exact) mass is 367 g/mol. The second-order valence-electron chi connectivity index (χ2n) is 8.38. The summed E-state index contributed by atoms with van der Waals surface area (Å²) >= 11 is 0. The third kappa shape index (κ3) is 7.91. The summed E-state index contributed by atoms with van der Waals surface area (Å²) in [6, 6.07) is 10.9. The normalized spacial score (nSPS) is 15.6. The molecule has 1 aliphatic heterocycles. The van der Waals surface area contributed by atoms with Gasteiger partial charge in [0, 0.05) is 0 Å². The minimum Gasteiger partial charge on any atom is -0.0965 e. The van der Waals surface area contributed by atoms with Gasteiger partial charge in [0.05, 0.1) is 5.92 Å². The highest BCUT2D eigenvalue weighted by Crippen LogP contribution is 2.37. The van der Waals surface area contributed by atoms with Crippen LogP contribution in [0.3, 0.4) is 0 Å². The van der Waals surface area contributed by atoms with E-state index in [0.29, 0.717) is 17.8 Å². The second kappa shape index (κ2) is 12.8. The first-order chi connectivity index (χ1) is 13.2. The van der Waals surface area contributed by atoms with Crippen LogP contribution in [-0.2, 0) is 6.42 Å². The molecule has 0 aliphatic carbocycles. The van der Waals surface area contributed by atoms with E-state index >= 15 is 0 Å². The maximum absolute atomic E-state index is 4.60. The fourth-order valence-electron chi connectivity index (χ4n) is 4.21. The summed E-state index contributed by atoms with van der Waals surface area (Å²) in [5.74, 6) is 1.70. The van der Waals surface area contributed by atoms with Crippen molar-refractivity contribution in [2.75, 3.05) is 0 Å². The van der Waals surface area contributed by atoms with Crippen molar-refractivity contribution in [2.24, 2.45) is 27.7 Å². The van der Waals surface area contributed by atoms with Crippen LogP contribution >= 0.6 is 0 Å². The van der Waals surface area contributed by atoms with Gasteiger partial charge in [-0.1, -0.05) is 112 Å². The van der Waals surface area contributed by atoms with Crippen LogP contribution in [0.5, 0.6) is 0 Å². The zero-order valence-corrected chi connectivity index (χ0v) is 17.7. The van der Waals surface area contributed by atoms with Gasteiger partial charge in [0.2, 0.25) is 6.17 Å². The molecular formula is C25H39N2+. The molecule has 0 fully saturated rings. The topological polar surface area (TPSA) is 24.7 Å². The molecule has 0 amide bonds. The molecule has 2 unspecified atom stereocenters. The standard InChI is InChI=1S/C25H39N2/c1-4-5-6-7-8-9-10-14-17-23(25-26-18-19-27-25)24(21(2)3)20-22-15-12-11-13-16-22/h11-13,15-16,18-19,21,23-24H,4-10,14,17,20H2,1-3H3/q+1. The molecule has 1 aliphatic rings. The molecule has 1 aromatic rings. The van der Waals surface area contributed by atoms with Crippen LogP contribution < -0.4 is 0 Å². The number of unbranched alkanes of at least 4 members (excludes halogenated alkanes) is 7. The van der Waals surface area contributed by atoms with Crippen LogP contribution in [0.4, 0.5) is 0 Å². The minimum atomic E-state index is 0.472. The molecule has 1 aromatic carbocycles. The van der Waals surface area contributed by atoms with Gasteiger partial charge in [-0.05, 0) is 30.2 Å². The van der Waals surface area contributed by atoms with Gasteiger partial charge in [-0.2, -0.15) is 0 Å². The van der Waals surface area contributed by atoms with E-state index < -0.39 is 0 Å². The first-order valence-corrected chi connectivity index (χ1v) is 11.2. The lowest BCUT2D eigenvalue weighted by Gasteiger charge is -2.29. The lowest BCUT2D eigenvalue weighted by molar-refractivity contribution is 0.240. The number of rotatable bonds is 14. The first kappa shape index (κ1) is 21.7. The summed E-state index contributed by atoms with van der Waals surface area (Å²) < 4.78 is 0. The number of nitrogens with zero attached hydrogens (tertiary/aromatic N) is 2. The predicted molar refractivity (Wildman–Crippen MR) is 119 cm³/mol. The Kier molecular flexibility index (Phi) is 10.3. The first-order valence-electron chi connectivity index (χ1n) is 11.2. The van der Waals surface area contributed by atoms with Crippen LogP contribution in [0.1, 0.15) is 84.1 Å². The smallest absolute Gasteiger partial charge is 0.0965 e. The quantitative estimate of drug-likeness (QED) is 0.243. The number of benzene rings is 1. The number of hydrogen-bond donors (Lipinski definition) is 0. The maximum Gasteiger partial charge on any atom is 0.244 e. The van der Waals surface area contributed by atoms with Crippen LogP contribution in [0, 0.1) is 23.9 Å². The molecule has 0 radical (unpaired) electrons. The molecule has 148 valence electrons. The van der Waals surface area contributed by atoms with Gasteiger partial charge in [0.1, 0.15) is 0 Å². The third-order valence-electron chi connectivity index (χ3n) is 5.87. The zero-order valence-electron chi connectivity index (χ0n) is 17.7. The molecule has 0 bridgehead atoms. The van der Waals surface area contributed by atoms with Crippen molar-refractivity contribution < 1.29 is 0 Å². The van der Waals surface area contributed by atoms with Crippen LogP contribution in [0.25, 0.3) is 0 Å². The van der Waals surface area contributed by atoms with Crippen molar-refractivity contribution in [3.05, 3.63) is 42.1 Å². The Morgan fingerprint density at radius 3 is 2.00 bits per heavy atom. The highest BCUT2D eigenvalue weighted by atomic mass is 15.0. The Morgan fingerprint density at radius 1 is 0.815 bits per heavy atom. The summed E-state index contributed by atoms with van der Waals surface area (Å²) in [6.07, 6.45) is 18.1. The van der Waals surface area contributed by atoms with Gasteiger partial charge in [-0.15, -0.1) is 0 Å². The predicted octanol–water partition coefficient (Wildman–Crippen LogP) is 7.29.